The second-order valence-corrected chi connectivity index (χ2v) is 7.46. The van der Waals surface area contributed by atoms with Crippen molar-refractivity contribution in [3.63, 3.8) is 0 Å². The molecular weight excluding hydrogens is 416 g/mol. The van der Waals surface area contributed by atoms with Crippen molar-refractivity contribution in [2.24, 2.45) is 0 Å². The molecule has 0 atom stereocenters. The first kappa shape index (κ1) is 20.3. The number of anilines is 1. The topological polar surface area (TPSA) is 89.2 Å². The summed E-state index contributed by atoms with van der Waals surface area (Å²) in [7, 11) is 0. The summed E-state index contributed by atoms with van der Waals surface area (Å²) < 4.78 is 7.09. The molecule has 3 aromatic carbocycles. The van der Waals surface area contributed by atoms with E-state index in [9.17, 15) is 9.59 Å². The molecule has 33 heavy (non-hydrogen) atoms. The lowest BCUT2D eigenvalue weighted by Crippen LogP contribution is -2.22. The van der Waals surface area contributed by atoms with Crippen LogP contribution in [-0.2, 0) is 6.54 Å². The van der Waals surface area contributed by atoms with Crippen molar-refractivity contribution in [1.29, 1.82) is 0 Å². The Morgan fingerprint density at radius 1 is 0.879 bits per heavy atom. The number of nitrogens with zero attached hydrogens (tertiary/aromatic N) is 2. The van der Waals surface area contributed by atoms with Crippen molar-refractivity contribution < 1.29 is 14.0 Å². The lowest BCUT2D eigenvalue weighted by atomic mass is 10.1. The van der Waals surface area contributed by atoms with E-state index < -0.39 is 0 Å². The number of furan rings is 1. The van der Waals surface area contributed by atoms with Gasteiger partial charge < -0.3 is 15.1 Å². The highest BCUT2D eigenvalue weighted by molar-refractivity contribution is 6.02. The summed E-state index contributed by atoms with van der Waals surface area (Å²) >= 11 is 0. The molecular formula is C26H20N4O3. The summed E-state index contributed by atoms with van der Waals surface area (Å²) in [6, 6.07) is 25.8. The Bertz CT molecular complexity index is 1420. The smallest absolute Gasteiger partial charge is 0.291 e. The molecule has 0 fully saturated rings. The number of imidazole rings is 1. The van der Waals surface area contributed by atoms with Gasteiger partial charge in [0.1, 0.15) is 6.33 Å². The van der Waals surface area contributed by atoms with Gasteiger partial charge in [0.25, 0.3) is 11.8 Å². The maximum atomic E-state index is 12.6. The standard InChI is InChI=1S/C26H20N4O3/c31-25(19-10-12-21(13-11-19)30-17-28-22-7-1-2-8-23(22)30)27-16-18-5-3-6-20(15-18)29-26(32)24-9-4-14-33-24/h1-15,17H,16H2,(H,27,31)(H,29,32). The van der Waals surface area contributed by atoms with Crippen LogP contribution < -0.4 is 10.6 Å². The molecule has 5 aromatic rings. The summed E-state index contributed by atoms with van der Waals surface area (Å²) in [6.07, 6.45) is 3.22. The number of rotatable bonds is 6. The molecule has 0 unspecified atom stereocenters. The number of hydrogen-bond acceptors (Lipinski definition) is 4. The van der Waals surface area contributed by atoms with Crippen molar-refractivity contribution >= 4 is 28.5 Å². The Hall–Kier alpha value is -4.65. The minimum Gasteiger partial charge on any atom is -0.459 e. The molecule has 0 saturated heterocycles. The zero-order chi connectivity index (χ0) is 22.6. The second kappa shape index (κ2) is 8.84. The molecule has 7 heteroatoms. The van der Waals surface area contributed by atoms with Crippen LogP contribution in [0, 0.1) is 0 Å². The van der Waals surface area contributed by atoms with E-state index in [2.05, 4.69) is 15.6 Å². The van der Waals surface area contributed by atoms with Gasteiger partial charge in [0.05, 0.1) is 17.3 Å². The molecule has 0 spiro atoms. The number of carbonyl (C=O) groups is 2. The monoisotopic (exact) mass is 436 g/mol. The summed E-state index contributed by atoms with van der Waals surface area (Å²) in [6.45, 7) is 0.331. The zero-order valence-electron chi connectivity index (χ0n) is 17.6. The van der Waals surface area contributed by atoms with Crippen molar-refractivity contribution in [3.8, 4) is 5.69 Å². The van der Waals surface area contributed by atoms with E-state index in [4.69, 9.17) is 4.42 Å². The van der Waals surface area contributed by atoms with Crippen molar-refractivity contribution in [2.75, 3.05) is 5.32 Å². The van der Waals surface area contributed by atoms with Gasteiger partial charge in [-0.25, -0.2) is 4.98 Å². The normalized spacial score (nSPS) is 10.8. The van der Waals surface area contributed by atoms with E-state index in [1.165, 1.54) is 6.26 Å². The molecule has 0 radical (unpaired) electrons. The van der Waals surface area contributed by atoms with E-state index in [1.54, 1.807) is 36.7 Å². The van der Waals surface area contributed by atoms with Gasteiger partial charge >= 0.3 is 0 Å². The molecule has 5 rings (SSSR count). The molecule has 0 saturated carbocycles. The van der Waals surface area contributed by atoms with E-state index in [0.29, 0.717) is 17.8 Å². The number of hydrogen-bond donors (Lipinski definition) is 2. The Morgan fingerprint density at radius 2 is 1.73 bits per heavy atom. The van der Waals surface area contributed by atoms with E-state index in [0.717, 1.165) is 22.3 Å². The highest BCUT2D eigenvalue weighted by Gasteiger charge is 2.10. The molecule has 7 nitrogen and oxygen atoms in total. The maximum Gasteiger partial charge on any atom is 0.291 e. The largest absolute Gasteiger partial charge is 0.459 e. The van der Waals surface area contributed by atoms with Crippen LogP contribution in [-0.4, -0.2) is 21.4 Å². The van der Waals surface area contributed by atoms with Crippen molar-refractivity contribution in [1.82, 2.24) is 14.9 Å². The summed E-state index contributed by atoms with van der Waals surface area (Å²) in [5, 5.41) is 5.70. The number of fused-ring (bicyclic) bond motifs is 1. The van der Waals surface area contributed by atoms with Gasteiger partial charge in [-0.15, -0.1) is 0 Å². The van der Waals surface area contributed by atoms with Gasteiger partial charge in [0.2, 0.25) is 0 Å². The van der Waals surface area contributed by atoms with E-state index in [1.807, 2.05) is 59.2 Å². The summed E-state index contributed by atoms with van der Waals surface area (Å²) in [5.74, 6) is -0.269. The number of carbonyl (C=O) groups excluding carboxylic acids is 2. The number of aromatic nitrogens is 2. The number of amides is 2. The lowest BCUT2D eigenvalue weighted by molar-refractivity contribution is 0.0949. The highest BCUT2D eigenvalue weighted by Crippen LogP contribution is 2.18. The second-order valence-electron chi connectivity index (χ2n) is 7.46. The van der Waals surface area contributed by atoms with Crippen LogP contribution >= 0.6 is 0 Å². The van der Waals surface area contributed by atoms with Gasteiger partial charge in [0.15, 0.2) is 5.76 Å². The van der Waals surface area contributed by atoms with Gasteiger partial charge in [-0.2, -0.15) is 0 Å². The average molecular weight is 436 g/mol. The van der Waals surface area contributed by atoms with Gasteiger partial charge in [-0.3, -0.25) is 14.2 Å². The maximum absolute atomic E-state index is 12.6. The van der Waals surface area contributed by atoms with E-state index >= 15 is 0 Å². The predicted molar refractivity (Wildman–Crippen MR) is 125 cm³/mol. The molecule has 2 amide bonds. The van der Waals surface area contributed by atoms with Crippen LogP contribution in [0.25, 0.3) is 16.7 Å². The van der Waals surface area contributed by atoms with Crippen LogP contribution in [0.3, 0.4) is 0 Å². The molecule has 2 heterocycles. The molecule has 0 aliphatic heterocycles. The lowest BCUT2D eigenvalue weighted by Gasteiger charge is -2.09. The minimum atomic E-state index is -0.327. The third kappa shape index (κ3) is 4.38. The number of nitrogens with one attached hydrogen (secondary N) is 2. The average Bonchev–Trinajstić information content (AvgIpc) is 3.53. The van der Waals surface area contributed by atoms with Crippen LogP contribution in [0.1, 0.15) is 26.5 Å². The molecule has 162 valence electrons. The van der Waals surface area contributed by atoms with Crippen molar-refractivity contribution in [3.05, 3.63) is 114 Å². The van der Waals surface area contributed by atoms with E-state index in [-0.39, 0.29) is 17.6 Å². The predicted octanol–water partition coefficient (Wildman–Crippen LogP) is 4.80. The fourth-order valence-corrected chi connectivity index (χ4v) is 3.58. The zero-order valence-corrected chi connectivity index (χ0v) is 17.6. The van der Waals surface area contributed by atoms with Crippen molar-refractivity contribution in [2.45, 2.75) is 6.54 Å². The Kier molecular flexibility index (Phi) is 5.43. The molecule has 0 aliphatic rings. The first-order chi connectivity index (χ1) is 16.2. The fourth-order valence-electron chi connectivity index (χ4n) is 3.58. The third-order valence-electron chi connectivity index (χ3n) is 5.24. The van der Waals surface area contributed by atoms with Crippen LogP contribution in [0.15, 0.2) is 102 Å². The van der Waals surface area contributed by atoms with Crippen LogP contribution in [0.2, 0.25) is 0 Å². The first-order valence-electron chi connectivity index (χ1n) is 10.4. The Labute approximate surface area is 189 Å². The molecule has 2 N–H and O–H groups in total. The number of para-hydroxylation sites is 2. The third-order valence-corrected chi connectivity index (χ3v) is 5.24. The first-order valence-corrected chi connectivity index (χ1v) is 10.4. The van der Waals surface area contributed by atoms with Crippen LogP contribution in [0.4, 0.5) is 5.69 Å². The Balaban J connectivity index is 1.23. The fraction of sp³-hybridized carbons (Fsp3) is 0.0385. The SMILES string of the molecule is O=C(NCc1cccc(NC(=O)c2ccco2)c1)c1ccc(-n2cnc3ccccc32)cc1. The summed E-state index contributed by atoms with van der Waals surface area (Å²) in [4.78, 5) is 29.2. The van der Waals surface area contributed by atoms with Gasteiger partial charge in [0, 0.05) is 23.5 Å². The Morgan fingerprint density at radius 3 is 2.55 bits per heavy atom. The highest BCUT2D eigenvalue weighted by atomic mass is 16.3. The minimum absolute atomic E-state index is 0.179. The van der Waals surface area contributed by atoms with Gasteiger partial charge in [-0.1, -0.05) is 24.3 Å². The summed E-state index contributed by atoms with van der Waals surface area (Å²) in [5.41, 5.74) is 4.91. The molecule has 0 bridgehead atoms. The number of benzene rings is 3. The van der Waals surface area contributed by atoms with Gasteiger partial charge in [-0.05, 0) is 66.2 Å². The quantitative estimate of drug-likeness (QED) is 0.400. The molecule has 0 aliphatic carbocycles. The molecule has 2 aromatic heterocycles. The van der Waals surface area contributed by atoms with Crippen LogP contribution in [0.5, 0.6) is 0 Å².